The van der Waals surface area contributed by atoms with Crippen LogP contribution in [-0.4, -0.2) is 22.1 Å². The number of nitrogens with zero attached hydrogens (tertiary/aromatic N) is 2. The number of amides is 1. The number of carbonyl (C=O) groups excluding carboxylic acids is 1. The molecule has 3 rings (SSSR count). The Morgan fingerprint density at radius 3 is 2.83 bits per heavy atom. The summed E-state index contributed by atoms with van der Waals surface area (Å²) in [4.78, 5) is 16.5. The van der Waals surface area contributed by atoms with E-state index in [0.717, 1.165) is 12.0 Å². The topological polar surface area (TPSA) is 68.0 Å². The third kappa shape index (κ3) is 4.18. The summed E-state index contributed by atoms with van der Waals surface area (Å²) in [6, 6.07) is 10.0. The standard InChI is InChI=1S/C18H23N3O2/c1-13-7-5-6-10-15(13)19-16(22)11-12-17-20-18(21-23-17)14-8-3-2-4-9-14/h2-4,8-9,13,15H,5-7,10-12H2,1H3,(H,19,22)/t13-,15-/m0/s1. The second-order valence-electron chi connectivity index (χ2n) is 6.31. The Balaban J connectivity index is 1.50. The van der Waals surface area contributed by atoms with E-state index in [1.807, 2.05) is 30.3 Å². The monoisotopic (exact) mass is 313 g/mol. The van der Waals surface area contributed by atoms with Crippen LogP contribution in [0.15, 0.2) is 34.9 Å². The Bertz CT molecular complexity index is 639. The van der Waals surface area contributed by atoms with Crippen molar-refractivity contribution in [2.24, 2.45) is 5.92 Å². The van der Waals surface area contributed by atoms with Crippen molar-refractivity contribution in [1.82, 2.24) is 15.5 Å². The molecule has 2 aromatic rings. The average Bonchev–Trinajstić information content (AvgIpc) is 3.05. The van der Waals surface area contributed by atoms with E-state index in [2.05, 4.69) is 22.4 Å². The molecule has 0 unspecified atom stereocenters. The van der Waals surface area contributed by atoms with Gasteiger partial charge in [-0.15, -0.1) is 0 Å². The first-order valence-electron chi connectivity index (χ1n) is 8.40. The molecule has 23 heavy (non-hydrogen) atoms. The minimum atomic E-state index is 0.0724. The maximum absolute atomic E-state index is 12.1. The molecule has 1 aliphatic rings. The molecule has 1 aromatic heterocycles. The molecule has 1 heterocycles. The molecule has 5 heteroatoms. The normalized spacial score (nSPS) is 21.1. The fourth-order valence-corrected chi connectivity index (χ4v) is 3.09. The van der Waals surface area contributed by atoms with Gasteiger partial charge in [-0.05, 0) is 18.8 Å². The molecule has 0 bridgehead atoms. The van der Waals surface area contributed by atoms with Gasteiger partial charge in [-0.1, -0.05) is 55.3 Å². The molecule has 1 aromatic carbocycles. The number of rotatable bonds is 5. The zero-order chi connectivity index (χ0) is 16.1. The number of carbonyl (C=O) groups is 1. The highest BCUT2D eigenvalue weighted by Gasteiger charge is 2.22. The maximum atomic E-state index is 12.1. The number of benzene rings is 1. The lowest BCUT2D eigenvalue weighted by Crippen LogP contribution is -2.41. The molecule has 1 aliphatic carbocycles. The Hall–Kier alpha value is -2.17. The third-order valence-corrected chi connectivity index (χ3v) is 4.52. The van der Waals surface area contributed by atoms with Crippen molar-refractivity contribution < 1.29 is 9.32 Å². The van der Waals surface area contributed by atoms with Crippen LogP contribution in [0.2, 0.25) is 0 Å². The van der Waals surface area contributed by atoms with Gasteiger partial charge in [0.1, 0.15) is 0 Å². The van der Waals surface area contributed by atoms with Crippen molar-refractivity contribution in [2.75, 3.05) is 0 Å². The van der Waals surface area contributed by atoms with Gasteiger partial charge in [0.15, 0.2) is 0 Å². The molecular weight excluding hydrogens is 290 g/mol. The first-order chi connectivity index (χ1) is 11.2. The van der Waals surface area contributed by atoms with E-state index >= 15 is 0 Å². The van der Waals surface area contributed by atoms with Crippen molar-refractivity contribution in [2.45, 2.75) is 51.5 Å². The number of aromatic nitrogens is 2. The summed E-state index contributed by atoms with van der Waals surface area (Å²) in [5.41, 5.74) is 0.919. The number of hydrogen-bond donors (Lipinski definition) is 1. The second-order valence-corrected chi connectivity index (χ2v) is 6.31. The molecule has 0 spiro atoms. The Labute approximate surface area is 136 Å². The van der Waals surface area contributed by atoms with Crippen molar-refractivity contribution >= 4 is 5.91 Å². The highest BCUT2D eigenvalue weighted by atomic mass is 16.5. The molecule has 1 amide bonds. The van der Waals surface area contributed by atoms with Crippen LogP contribution in [0.5, 0.6) is 0 Å². The van der Waals surface area contributed by atoms with Gasteiger partial charge in [0.05, 0.1) is 0 Å². The SMILES string of the molecule is C[C@H]1CCCC[C@@H]1NC(=O)CCc1nc(-c2ccccc2)no1. The molecule has 122 valence electrons. The Morgan fingerprint density at radius 1 is 1.26 bits per heavy atom. The predicted molar refractivity (Wildman–Crippen MR) is 87.6 cm³/mol. The average molecular weight is 313 g/mol. The summed E-state index contributed by atoms with van der Waals surface area (Å²) in [5.74, 6) is 1.72. The van der Waals surface area contributed by atoms with Gasteiger partial charge in [0, 0.05) is 24.4 Å². The first kappa shape index (κ1) is 15.7. The van der Waals surface area contributed by atoms with Crippen molar-refractivity contribution in [3.05, 3.63) is 36.2 Å². The Morgan fingerprint density at radius 2 is 2.04 bits per heavy atom. The van der Waals surface area contributed by atoms with Crippen LogP contribution in [-0.2, 0) is 11.2 Å². The van der Waals surface area contributed by atoms with Crippen molar-refractivity contribution in [1.29, 1.82) is 0 Å². The predicted octanol–water partition coefficient (Wildman–Crippen LogP) is 3.36. The first-order valence-corrected chi connectivity index (χ1v) is 8.40. The van der Waals surface area contributed by atoms with Gasteiger partial charge in [0.25, 0.3) is 0 Å². The fraction of sp³-hybridized carbons (Fsp3) is 0.500. The Kier molecular flexibility index (Phi) is 5.05. The van der Waals surface area contributed by atoms with E-state index in [0.29, 0.717) is 36.5 Å². The van der Waals surface area contributed by atoms with Crippen LogP contribution >= 0.6 is 0 Å². The van der Waals surface area contributed by atoms with Crippen LogP contribution in [0.25, 0.3) is 11.4 Å². The van der Waals surface area contributed by atoms with Gasteiger partial charge < -0.3 is 9.84 Å². The highest BCUT2D eigenvalue weighted by molar-refractivity contribution is 5.76. The van der Waals surface area contributed by atoms with E-state index in [9.17, 15) is 4.79 Å². The highest BCUT2D eigenvalue weighted by Crippen LogP contribution is 2.23. The van der Waals surface area contributed by atoms with Gasteiger partial charge in [0.2, 0.25) is 17.6 Å². The lowest BCUT2D eigenvalue weighted by molar-refractivity contribution is -0.122. The van der Waals surface area contributed by atoms with E-state index in [1.165, 1.54) is 19.3 Å². The van der Waals surface area contributed by atoms with Gasteiger partial charge in [-0.25, -0.2) is 0 Å². The molecule has 5 nitrogen and oxygen atoms in total. The van der Waals surface area contributed by atoms with Crippen LogP contribution in [0, 0.1) is 5.92 Å². The second kappa shape index (κ2) is 7.40. The zero-order valence-electron chi connectivity index (χ0n) is 13.5. The zero-order valence-corrected chi connectivity index (χ0v) is 13.5. The lowest BCUT2D eigenvalue weighted by atomic mass is 9.86. The smallest absolute Gasteiger partial charge is 0.227 e. The van der Waals surface area contributed by atoms with Crippen molar-refractivity contribution in [3.8, 4) is 11.4 Å². The molecule has 0 aliphatic heterocycles. The van der Waals surface area contributed by atoms with Crippen LogP contribution in [0.1, 0.15) is 44.9 Å². The summed E-state index contributed by atoms with van der Waals surface area (Å²) in [5, 5.41) is 7.12. The molecular formula is C18H23N3O2. The number of aryl methyl sites for hydroxylation is 1. The molecule has 0 saturated heterocycles. The van der Waals surface area contributed by atoms with Crippen LogP contribution in [0.3, 0.4) is 0 Å². The molecule has 1 N–H and O–H groups in total. The largest absolute Gasteiger partial charge is 0.353 e. The van der Waals surface area contributed by atoms with Gasteiger partial charge in [-0.2, -0.15) is 4.98 Å². The van der Waals surface area contributed by atoms with Gasteiger partial charge >= 0.3 is 0 Å². The lowest BCUT2D eigenvalue weighted by Gasteiger charge is -2.29. The maximum Gasteiger partial charge on any atom is 0.227 e. The van der Waals surface area contributed by atoms with E-state index < -0.39 is 0 Å². The quantitative estimate of drug-likeness (QED) is 0.919. The number of nitrogens with one attached hydrogen (secondary N) is 1. The van der Waals surface area contributed by atoms with Crippen molar-refractivity contribution in [3.63, 3.8) is 0 Å². The summed E-state index contributed by atoms with van der Waals surface area (Å²) in [7, 11) is 0. The van der Waals surface area contributed by atoms with E-state index in [-0.39, 0.29) is 5.91 Å². The van der Waals surface area contributed by atoms with Crippen LogP contribution in [0.4, 0.5) is 0 Å². The third-order valence-electron chi connectivity index (χ3n) is 4.52. The summed E-state index contributed by atoms with van der Waals surface area (Å²) >= 11 is 0. The van der Waals surface area contributed by atoms with E-state index in [4.69, 9.17) is 4.52 Å². The molecule has 0 radical (unpaired) electrons. The summed E-state index contributed by atoms with van der Waals surface area (Å²) in [6.07, 6.45) is 5.64. The molecule has 1 fully saturated rings. The van der Waals surface area contributed by atoms with Gasteiger partial charge in [-0.3, -0.25) is 4.79 Å². The fourth-order valence-electron chi connectivity index (χ4n) is 3.09. The van der Waals surface area contributed by atoms with E-state index in [1.54, 1.807) is 0 Å². The minimum absolute atomic E-state index is 0.0724. The summed E-state index contributed by atoms with van der Waals surface area (Å²) < 4.78 is 5.24. The number of hydrogen-bond acceptors (Lipinski definition) is 4. The van der Waals surface area contributed by atoms with Crippen LogP contribution < -0.4 is 5.32 Å². The summed E-state index contributed by atoms with van der Waals surface area (Å²) in [6.45, 7) is 2.22. The molecule has 1 saturated carbocycles. The molecule has 2 atom stereocenters. The minimum Gasteiger partial charge on any atom is -0.353 e.